The van der Waals surface area contributed by atoms with Crippen LogP contribution in [0.15, 0.2) is 28.7 Å². The van der Waals surface area contributed by atoms with E-state index in [2.05, 4.69) is 49.5 Å². The summed E-state index contributed by atoms with van der Waals surface area (Å²) in [4.78, 5) is 2.14. The van der Waals surface area contributed by atoms with E-state index in [1.54, 1.807) is 0 Å². The van der Waals surface area contributed by atoms with Gasteiger partial charge in [-0.25, -0.2) is 5.43 Å². The Morgan fingerprint density at radius 1 is 1.39 bits per heavy atom. The third kappa shape index (κ3) is 2.72. The predicted molar refractivity (Wildman–Crippen MR) is 74.2 cm³/mol. The Morgan fingerprint density at radius 3 is 2.78 bits per heavy atom. The van der Waals surface area contributed by atoms with Crippen molar-refractivity contribution in [3.8, 4) is 0 Å². The van der Waals surface area contributed by atoms with Crippen LogP contribution in [0.4, 0.5) is 0 Å². The first-order valence-corrected chi connectivity index (χ1v) is 6.21. The highest BCUT2D eigenvalue weighted by Gasteiger charge is 2.15. The molecule has 0 fully saturated rings. The molecule has 4 heteroatoms. The number of furan rings is 1. The van der Waals surface area contributed by atoms with Crippen LogP contribution in [-0.2, 0) is 0 Å². The Balaban J connectivity index is 2.25. The van der Waals surface area contributed by atoms with Gasteiger partial charge in [-0.3, -0.25) is 5.84 Å². The van der Waals surface area contributed by atoms with Gasteiger partial charge in [-0.1, -0.05) is 18.2 Å². The molecule has 1 unspecified atom stereocenters. The Bertz CT molecular complexity index is 519. The van der Waals surface area contributed by atoms with Crippen LogP contribution in [0.5, 0.6) is 0 Å². The van der Waals surface area contributed by atoms with Crippen molar-refractivity contribution in [2.45, 2.75) is 19.4 Å². The second-order valence-electron chi connectivity index (χ2n) is 4.95. The summed E-state index contributed by atoms with van der Waals surface area (Å²) in [6.45, 7) is 3.02. The Hall–Kier alpha value is -1.36. The molecule has 0 aliphatic heterocycles. The fourth-order valence-corrected chi connectivity index (χ4v) is 2.10. The Labute approximate surface area is 108 Å². The molecule has 98 valence electrons. The molecule has 0 radical (unpaired) electrons. The van der Waals surface area contributed by atoms with E-state index in [9.17, 15) is 0 Å². The van der Waals surface area contributed by atoms with Crippen LogP contribution in [0.2, 0.25) is 0 Å². The van der Waals surface area contributed by atoms with Gasteiger partial charge in [-0.2, -0.15) is 0 Å². The molecule has 18 heavy (non-hydrogen) atoms. The number of hydrogen-bond acceptors (Lipinski definition) is 4. The second-order valence-corrected chi connectivity index (χ2v) is 4.95. The zero-order chi connectivity index (χ0) is 13.1. The van der Waals surface area contributed by atoms with Crippen LogP contribution < -0.4 is 11.3 Å². The van der Waals surface area contributed by atoms with Gasteiger partial charge < -0.3 is 9.32 Å². The predicted octanol–water partition coefficient (Wildman–Crippen LogP) is 2.20. The van der Waals surface area contributed by atoms with Crippen molar-refractivity contribution >= 4 is 11.0 Å². The highest BCUT2D eigenvalue weighted by atomic mass is 16.3. The minimum atomic E-state index is 0.0548. The molecule has 1 aromatic heterocycles. The van der Waals surface area contributed by atoms with Crippen LogP contribution >= 0.6 is 0 Å². The zero-order valence-corrected chi connectivity index (χ0v) is 11.2. The van der Waals surface area contributed by atoms with Crippen molar-refractivity contribution in [1.82, 2.24) is 10.3 Å². The highest BCUT2D eigenvalue weighted by Crippen LogP contribution is 2.27. The molecule has 2 rings (SSSR count). The average Bonchev–Trinajstić information content (AvgIpc) is 2.75. The number of hydrogen-bond donors (Lipinski definition) is 2. The van der Waals surface area contributed by atoms with Crippen LogP contribution in [0.25, 0.3) is 11.0 Å². The van der Waals surface area contributed by atoms with E-state index in [4.69, 9.17) is 10.3 Å². The third-order valence-corrected chi connectivity index (χ3v) is 3.17. The summed E-state index contributed by atoms with van der Waals surface area (Å²) >= 11 is 0. The van der Waals surface area contributed by atoms with Crippen LogP contribution in [0.3, 0.4) is 0 Å². The number of nitrogens with zero attached hydrogens (tertiary/aromatic N) is 1. The largest absolute Gasteiger partial charge is 0.459 e. The standard InChI is InChI=1S/C14H21N3O/c1-10-5-4-6-11-9-13(18-14(10)11)12(16-15)7-8-17(2)3/h4-6,9,12,16H,7-8,15H2,1-3H3. The van der Waals surface area contributed by atoms with E-state index in [0.29, 0.717) is 0 Å². The van der Waals surface area contributed by atoms with Gasteiger partial charge in [-0.15, -0.1) is 0 Å². The molecule has 1 aromatic carbocycles. The maximum Gasteiger partial charge on any atom is 0.137 e. The lowest BCUT2D eigenvalue weighted by molar-refractivity contribution is 0.339. The smallest absolute Gasteiger partial charge is 0.137 e. The molecular formula is C14H21N3O. The number of aryl methyl sites for hydroxylation is 1. The maximum absolute atomic E-state index is 5.92. The zero-order valence-electron chi connectivity index (χ0n) is 11.2. The van der Waals surface area contributed by atoms with E-state index in [-0.39, 0.29) is 6.04 Å². The van der Waals surface area contributed by atoms with Gasteiger partial charge in [-0.05, 0) is 45.6 Å². The number of benzene rings is 1. The number of para-hydroxylation sites is 1. The van der Waals surface area contributed by atoms with Crippen LogP contribution in [-0.4, -0.2) is 25.5 Å². The SMILES string of the molecule is Cc1cccc2cc(C(CCN(C)C)NN)oc12. The lowest BCUT2D eigenvalue weighted by atomic mass is 10.1. The molecule has 0 saturated carbocycles. The van der Waals surface area contributed by atoms with E-state index >= 15 is 0 Å². The molecule has 1 atom stereocenters. The Kier molecular flexibility index (Phi) is 4.01. The molecule has 0 saturated heterocycles. The summed E-state index contributed by atoms with van der Waals surface area (Å²) in [6.07, 6.45) is 0.919. The van der Waals surface area contributed by atoms with Crippen molar-refractivity contribution in [2.75, 3.05) is 20.6 Å². The fourth-order valence-electron chi connectivity index (χ4n) is 2.10. The molecule has 0 spiro atoms. The number of hydrazine groups is 1. The molecule has 4 nitrogen and oxygen atoms in total. The van der Waals surface area contributed by atoms with E-state index in [1.165, 1.54) is 0 Å². The number of nitrogens with two attached hydrogens (primary N) is 1. The van der Waals surface area contributed by atoms with E-state index in [0.717, 1.165) is 35.3 Å². The molecule has 0 aliphatic rings. The molecule has 1 heterocycles. The normalized spacial score (nSPS) is 13.4. The number of fused-ring (bicyclic) bond motifs is 1. The van der Waals surface area contributed by atoms with Gasteiger partial charge >= 0.3 is 0 Å². The minimum Gasteiger partial charge on any atom is -0.459 e. The second kappa shape index (κ2) is 5.52. The number of nitrogens with one attached hydrogen (secondary N) is 1. The molecule has 3 N–H and O–H groups in total. The van der Waals surface area contributed by atoms with Gasteiger partial charge in [0.1, 0.15) is 11.3 Å². The average molecular weight is 247 g/mol. The van der Waals surface area contributed by atoms with Gasteiger partial charge in [0.25, 0.3) is 0 Å². The van der Waals surface area contributed by atoms with E-state index in [1.807, 2.05) is 6.07 Å². The third-order valence-electron chi connectivity index (χ3n) is 3.17. The molecule has 0 aliphatic carbocycles. The summed E-state index contributed by atoms with van der Waals surface area (Å²) < 4.78 is 5.92. The monoisotopic (exact) mass is 247 g/mol. The maximum atomic E-state index is 5.92. The first-order chi connectivity index (χ1) is 8.61. The first kappa shape index (κ1) is 13.1. The topological polar surface area (TPSA) is 54.4 Å². The van der Waals surface area contributed by atoms with E-state index < -0.39 is 0 Å². The fraction of sp³-hybridized carbons (Fsp3) is 0.429. The summed E-state index contributed by atoms with van der Waals surface area (Å²) in [5.41, 5.74) is 4.94. The van der Waals surface area contributed by atoms with Gasteiger partial charge in [0.05, 0.1) is 6.04 Å². The summed E-state index contributed by atoms with van der Waals surface area (Å²) in [6, 6.07) is 8.29. The lowest BCUT2D eigenvalue weighted by Crippen LogP contribution is -2.30. The highest BCUT2D eigenvalue weighted by molar-refractivity contribution is 5.80. The molecular weight excluding hydrogens is 226 g/mol. The van der Waals surface area contributed by atoms with Crippen molar-refractivity contribution in [3.05, 3.63) is 35.6 Å². The Morgan fingerprint density at radius 2 is 2.17 bits per heavy atom. The van der Waals surface area contributed by atoms with Crippen molar-refractivity contribution < 1.29 is 4.42 Å². The van der Waals surface area contributed by atoms with Crippen molar-refractivity contribution in [3.63, 3.8) is 0 Å². The molecule has 0 amide bonds. The molecule has 0 bridgehead atoms. The van der Waals surface area contributed by atoms with Crippen LogP contribution in [0, 0.1) is 6.92 Å². The van der Waals surface area contributed by atoms with Gasteiger partial charge in [0.2, 0.25) is 0 Å². The van der Waals surface area contributed by atoms with Crippen LogP contribution in [0.1, 0.15) is 23.8 Å². The van der Waals surface area contributed by atoms with Gasteiger partial charge in [0, 0.05) is 5.39 Å². The lowest BCUT2D eigenvalue weighted by Gasteiger charge is -2.16. The summed E-state index contributed by atoms with van der Waals surface area (Å²) in [5.74, 6) is 6.53. The summed E-state index contributed by atoms with van der Waals surface area (Å²) in [5, 5.41) is 1.13. The minimum absolute atomic E-state index is 0.0548. The first-order valence-electron chi connectivity index (χ1n) is 6.21. The quantitative estimate of drug-likeness (QED) is 0.628. The van der Waals surface area contributed by atoms with Crippen molar-refractivity contribution in [1.29, 1.82) is 0 Å². The molecule has 2 aromatic rings. The number of rotatable bonds is 5. The summed E-state index contributed by atoms with van der Waals surface area (Å²) in [7, 11) is 4.10. The van der Waals surface area contributed by atoms with Gasteiger partial charge in [0.15, 0.2) is 0 Å². The van der Waals surface area contributed by atoms with Crippen molar-refractivity contribution in [2.24, 2.45) is 5.84 Å².